The number of rotatable bonds is 7. The highest BCUT2D eigenvalue weighted by Gasteiger charge is 2.32. The van der Waals surface area contributed by atoms with Crippen molar-refractivity contribution in [3.63, 3.8) is 0 Å². The summed E-state index contributed by atoms with van der Waals surface area (Å²) in [5, 5.41) is 12.4. The molecule has 0 aliphatic heterocycles. The summed E-state index contributed by atoms with van der Waals surface area (Å²) in [7, 11) is 0. The SMILES string of the molecule is Cc1cccc(OCC(O)CN=C(N)Nc2ccccc2OC(F)(F)F)c1. The maximum absolute atomic E-state index is 12.4. The smallest absolute Gasteiger partial charge is 0.491 e. The molecule has 1 unspecified atom stereocenters. The van der Waals surface area contributed by atoms with E-state index in [4.69, 9.17) is 10.5 Å². The second-order valence-corrected chi connectivity index (χ2v) is 5.68. The number of nitrogens with two attached hydrogens (primary N) is 1. The highest BCUT2D eigenvalue weighted by Crippen LogP contribution is 2.29. The van der Waals surface area contributed by atoms with Gasteiger partial charge in [0.15, 0.2) is 11.7 Å². The topological polar surface area (TPSA) is 89.1 Å². The molecule has 0 saturated heterocycles. The van der Waals surface area contributed by atoms with Crippen molar-refractivity contribution in [2.24, 2.45) is 10.7 Å². The molecule has 0 fully saturated rings. The van der Waals surface area contributed by atoms with E-state index >= 15 is 0 Å². The summed E-state index contributed by atoms with van der Waals surface area (Å²) in [5.74, 6) is 0.0108. The van der Waals surface area contributed by atoms with Gasteiger partial charge in [-0.2, -0.15) is 0 Å². The second kappa shape index (κ2) is 9.13. The minimum absolute atomic E-state index is 0.00146. The van der Waals surface area contributed by atoms with Gasteiger partial charge in [0.2, 0.25) is 0 Å². The van der Waals surface area contributed by atoms with Crippen molar-refractivity contribution in [2.75, 3.05) is 18.5 Å². The Labute approximate surface area is 154 Å². The van der Waals surface area contributed by atoms with E-state index in [9.17, 15) is 18.3 Å². The van der Waals surface area contributed by atoms with Crippen molar-refractivity contribution in [1.82, 2.24) is 0 Å². The van der Waals surface area contributed by atoms with Crippen molar-refractivity contribution in [2.45, 2.75) is 19.4 Å². The highest BCUT2D eigenvalue weighted by molar-refractivity contribution is 5.93. The molecular formula is C18H20F3N3O3. The molecule has 0 aromatic heterocycles. The van der Waals surface area contributed by atoms with Crippen LogP contribution in [0, 0.1) is 6.92 Å². The number of aliphatic imine (C=N–C) groups is 1. The third-order valence-corrected chi connectivity index (χ3v) is 3.28. The van der Waals surface area contributed by atoms with Gasteiger partial charge in [-0.05, 0) is 36.8 Å². The molecule has 146 valence electrons. The van der Waals surface area contributed by atoms with Gasteiger partial charge >= 0.3 is 6.36 Å². The number of aliphatic hydroxyl groups is 1. The van der Waals surface area contributed by atoms with E-state index < -0.39 is 18.2 Å². The Kier molecular flexibility index (Phi) is 6.89. The van der Waals surface area contributed by atoms with Crippen molar-refractivity contribution in [3.8, 4) is 11.5 Å². The Morgan fingerprint density at radius 3 is 2.67 bits per heavy atom. The molecule has 27 heavy (non-hydrogen) atoms. The largest absolute Gasteiger partial charge is 0.573 e. The van der Waals surface area contributed by atoms with Crippen LogP contribution in [0.4, 0.5) is 18.9 Å². The average molecular weight is 383 g/mol. The van der Waals surface area contributed by atoms with Crippen LogP contribution >= 0.6 is 0 Å². The van der Waals surface area contributed by atoms with E-state index in [1.165, 1.54) is 18.2 Å². The maximum atomic E-state index is 12.4. The van der Waals surface area contributed by atoms with Gasteiger partial charge in [0.1, 0.15) is 18.5 Å². The number of guanidine groups is 1. The standard InChI is InChI=1S/C18H20F3N3O3/c1-12-5-4-6-14(9-12)26-11-13(25)10-23-17(22)24-15-7-2-3-8-16(15)27-18(19,20)21/h2-9,13,25H,10-11H2,1H3,(H3,22,23,24). The molecule has 1 atom stereocenters. The molecule has 0 radical (unpaired) electrons. The lowest BCUT2D eigenvalue weighted by Gasteiger charge is -2.14. The second-order valence-electron chi connectivity index (χ2n) is 5.68. The fraction of sp³-hybridized carbons (Fsp3) is 0.278. The first kappa shape index (κ1) is 20.4. The maximum Gasteiger partial charge on any atom is 0.573 e. The average Bonchev–Trinajstić information content (AvgIpc) is 2.59. The molecule has 2 aromatic carbocycles. The fourth-order valence-electron chi connectivity index (χ4n) is 2.12. The molecule has 0 heterocycles. The van der Waals surface area contributed by atoms with Gasteiger partial charge in [-0.15, -0.1) is 13.2 Å². The number of aliphatic hydroxyl groups excluding tert-OH is 1. The number of aryl methyl sites for hydroxylation is 1. The van der Waals surface area contributed by atoms with Crippen molar-refractivity contribution in [1.29, 1.82) is 0 Å². The molecule has 6 nitrogen and oxygen atoms in total. The van der Waals surface area contributed by atoms with Crippen LogP contribution in [-0.4, -0.2) is 36.7 Å². The lowest BCUT2D eigenvalue weighted by Crippen LogP contribution is -2.27. The first-order valence-corrected chi connectivity index (χ1v) is 8.02. The zero-order valence-corrected chi connectivity index (χ0v) is 14.5. The number of hydrogen-bond acceptors (Lipinski definition) is 4. The molecule has 0 amide bonds. The van der Waals surface area contributed by atoms with Crippen LogP contribution in [0.25, 0.3) is 0 Å². The van der Waals surface area contributed by atoms with Crippen molar-refractivity contribution >= 4 is 11.6 Å². The molecule has 0 aliphatic carbocycles. The molecule has 4 N–H and O–H groups in total. The number of para-hydroxylation sites is 2. The number of benzene rings is 2. The number of halogens is 3. The zero-order valence-electron chi connectivity index (χ0n) is 14.5. The monoisotopic (exact) mass is 383 g/mol. The quantitative estimate of drug-likeness (QED) is 0.505. The van der Waals surface area contributed by atoms with Crippen LogP contribution < -0.4 is 20.5 Å². The van der Waals surface area contributed by atoms with Crippen molar-refractivity contribution < 1.29 is 27.8 Å². The Morgan fingerprint density at radius 1 is 1.22 bits per heavy atom. The normalized spacial score (nSPS) is 13.1. The number of nitrogens with one attached hydrogen (secondary N) is 1. The first-order valence-electron chi connectivity index (χ1n) is 8.02. The molecule has 2 rings (SSSR count). The summed E-state index contributed by atoms with van der Waals surface area (Å²) in [6.07, 6.45) is -5.76. The van der Waals surface area contributed by atoms with E-state index in [1.807, 2.05) is 25.1 Å². The molecule has 9 heteroatoms. The van der Waals surface area contributed by atoms with Crippen LogP contribution in [-0.2, 0) is 0 Å². The lowest BCUT2D eigenvalue weighted by atomic mass is 10.2. The predicted octanol–water partition coefficient (Wildman–Crippen LogP) is 3.06. The number of alkyl halides is 3. The molecule has 0 saturated carbocycles. The molecule has 0 spiro atoms. The van der Waals surface area contributed by atoms with Gasteiger partial charge in [0.05, 0.1) is 12.2 Å². The summed E-state index contributed by atoms with van der Waals surface area (Å²) < 4.78 is 46.6. The Hall–Kier alpha value is -2.94. The predicted molar refractivity (Wildman–Crippen MR) is 95.9 cm³/mol. The van der Waals surface area contributed by atoms with E-state index in [-0.39, 0.29) is 24.8 Å². The first-order chi connectivity index (χ1) is 12.7. The minimum Gasteiger partial charge on any atom is -0.491 e. The van der Waals surface area contributed by atoms with Crippen molar-refractivity contribution in [3.05, 3.63) is 54.1 Å². The summed E-state index contributed by atoms with van der Waals surface area (Å²) >= 11 is 0. The van der Waals surface area contributed by atoms with E-state index in [0.29, 0.717) is 5.75 Å². The van der Waals surface area contributed by atoms with Crippen LogP contribution in [0.1, 0.15) is 5.56 Å². The van der Waals surface area contributed by atoms with E-state index in [2.05, 4.69) is 15.0 Å². The third kappa shape index (κ3) is 7.45. The van der Waals surface area contributed by atoms with Gasteiger partial charge < -0.3 is 25.6 Å². The molecule has 0 aliphatic rings. The summed E-state index contributed by atoms with van der Waals surface area (Å²) in [5.41, 5.74) is 6.69. The number of ether oxygens (including phenoxy) is 2. The van der Waals surface area contributed by atoms with Gasteiger partial charge in [0, 0.05) is 0 Å². The Balaban J connectivity index is 1.88. The highest BCUT2D eigenvalue weighted by atomic mass is 19.4. The molecular weight excluding hydrogens is 363 g/mol. The number of hydrogen-bond donors (Lipinski definition) is 3. The minimum atomic E-state index is -4.83. The lowest BCUT2D eigenvalue weighted by molar-refractivity contribution is -0.274. The fourth-order valence-corrected chi connectivity index (χ4v) is 2.12. The molecule has 2 aromatic rings. The van der Waals surface area contributed by atoms with Gasteiger partial charge in [0.25, 0.3) is 0 Å². The van der Waals surface area contributed by atoms with Crippen LogP contribution in [0.15, 0.2) is 53.5 Å². The Bertz CT molecular complexity index is 782. The Morgan fingerprint density at radius 2 is 1.96 bits per heavy atom. The number of anilines is 1. The zero-order chi connectivity index (χ0) is 19.9. The summed E-state index contributed by atoms with van der Waals surface area (Å²) in [6, 6.07) is 12.8. The van der Waals surface area contributed by atoms with Crippen LogP contribution in [0.2, 0.25) is 0 Å². The summed E-state index contributed by atoms with van der Waals surface area (Å²) in [4.78, 5) is 3.90. The third-order valence-electron chi connectivity index (χ3n) is 3.28. The van der Waals surface area contributed by atoms with E-state index in [0.717, 1.165) is 11.6 Å². The summed E-state index contributed by atoms with van der Waals surface area (Å²) in [6.45, 7) is 1.82. The van der Waals surface area contributed by atoms with E-state index in [1.54, 1.807) is 6.07 Å². The van der Waals surface area contributed by atoms with Gasteiger partial charge in [-0.1, -0.05) is 24.3 Å². The van der Waals surface area contributed by atoms with Gasteiger partial charge in [-0.25, -0.2) is 0 Å². The van der Waals surface area contributed by atoms with Gasteiger partial charge in [-0.3, -0.25) is 4.99 Å². The van der Waals surface area contributed by atoms with Crippen LogP contribution in [0.3, 0.4) is 0 Å². The molecule has 0 bridgehead atoms. The number of nitrogens with zero attached hydrogens (tertiary/aromatic N) is 1. The van der Waals surface area contributed by atoms with Crippen LogP contribution in [0.5, 0.6) is 11.5 Å².